The Bertz CT molecular complexity index is 1970. The van der Waals surface area contributed by atoms with Crippen LogP contribution in [0.15, 0.2) is 95.6 Å². The number of hydrogen-bond acceptors (Lipinski definition) is 9. The molecule has 41 heavy (non-hydrogen) atoms. The van der Waals surface area contributed by atoms with Crippen LogP contribution in [0.3, 0.4) is 0 Å². The summed E-state index contributed by atoms with van der Waals surface area (Å²) in [5.74, 6) is 1.41. The Morgan fingerprint density at radius 3 is 1.93 bits per heavy atom. The van der Waals surface area contributed by atoms with Gasteiger partial charge in [0.25, 0.3) is 0 Å². The summed E-state index contributed by atoms with van der Waals surface area (Å²) in [4.78, 5) is 20.4. The van der Waals surface area contributed by atoms with Crippen molar-refractivity contribution in [2.75, 3.05) is 0 Å². The molecule has 13 nitrogen and oxygen atoms in total. The molecular formula is C27H21N10NaO3. The van der Waals surface area contributed by atoms with Gasteiger partial charge in [-0.1, -0.05) is 0 Å². The molecular weight excluding hydrogens is 535 g/mol. The molecule has 0 unspecified atom stereocenters. The Balaban J connectivity index is 0.000000157. The maximum absolute atomic E-state index is 5.17. The van der Waals surface area contributed by atoms with Crippen LogP contribution in [0.5, 0.6) is 0 Å². The molecule has 0 fully saturated rings. The standard InChI is InChI=1S/C14H11N5O.C13H9N5O.Na.H2O/c1-19-6-12(9-2-3-20-7-9)11-4-10(5-15-14(11)19)13-16-8-17-18-13;1-2-19-6-8(1)11-5-15-13-10(11)3-9(4-14-13)12-16-7-17-18-12;;/h2-8H,1H3,(H,16,17,18);1-7H,(H,14,15)(H,16,17,18);;1H2/q;;+1;/p-1. The van der Waals surface area contributed by atoms with Gasteiger partial charge >= 0.3 is 29.6 Å². The first-order valence-corrected chi connectivity index (χ1v) is 11.9. The van der Waals surface area contributed by atoms with Gasteiger partial charge in [0.1, 0.15) is 23.9 Å². The number of rotatable bonds is 4. The van der Waals surface area contributed by atoms with Crippen LogP contribution in [0.4, 0.5) is 0 Å². The zero-order valence-electron chi connectivity index (χ0n) is 22.0. The molecule has 0 saturated heterocycles. The SMILES string of the molecule is Cn1cc(-c2ccoc2)c2cc(-c3ncn[nH]3)cnc21.[Na+].[OH-].c1n[nH]c(-c2cnc3[nH]cc(-c4ccoc4)c3c2)n1. The summed E-state index contributed by atoms with van der Waals surface area (Å²) in [7, 11) is 1.98. The second-order valence-corrected chi connectivity index (χ2v) is 8.76. The molecule has 8 heterocycles. The third-order valence-corrected chi connectivity index (χ3v) is 6.39. The number of fused-ring (bicyclic) bond motifs is 2. The maximum Gasteiger partial charge on any atom is 1.00 e. The molecule has 0 radical (unpaired) electrons. The number of H-pyrrole nitrogens is 3. The number of furan rings is 2. The van der Waals surface area contributed by atoms with Gasteiger partial charge in [-0.2, -0.15) is 10.2 Å². The molecule has 198 valence electrons. The van der Waals surface area contributed by atoms with E-state index in [1.54, 1.807) is 37.4 Å². The largest absolute Gasteiger partial charge is 1.00 e. The van der Waals surface area contributed by atoms with Gasteiger partial charge < -0.3 is 23.9 Å². The molecule has 0 atom stereocenters. The van der Waals surface area contributed by atoms with Crippen LogP contribution in [0, 0.1) is 0 Å². The number of hydrogen-bond donors (Lipinski definition) is 3. The van der Waals surface area contributed by atoms with Gasteiger partial charge in [-0.25, -0.2) is 19.9 Å². The molecule has 8 aromatic heterocycles. The molecule has 0 aliphatic carbocycles. The van der Waals surface area contributed by atoms with E-state index >= 15 is 0 Å². The van der Waals surface area contributed by atoms with Crippen molar-refractivity contribution in [3.8, 4) is 45.0 Å². The van der Waals surface area contributed by atoms with E-state index in [2.05, 4.69) is 51.4 Å². The van der Waals surface area contributed by atoms with E-state index in [1.165, 1.54) is 12.7 Å². The van der Waals surface area contributed by atoms with Crippen molar-refractivity contribution in [1.82, 2.24) is 49.9 Å². The minimum absolute atomic E-state index is 0. The molecule has 4 N–H and O–H groups in total. The number of aromatic amines is 3. The van der Waals surface area contributed by atoms with E-state index in [-0.39, 0.29) is 35.0 Å². The molecule has 0 aliphatic heterocycles. The first kappa shape index (κ1) is 27.7. The monoisotopic (exact) mass is 556 g/mol. The van der Waals surface area contributed by atoms with Crippen molar-refractivity contribution >= 4 is 22.1 Å². The van der Waals surface area contributed by atoms with E-state index in [0.29, 0.717) is 11.6 Å². The fraction of sp³-hybridized carbons (Fsp3) is 0.0370. The van der Waals surface area contributed by atoms with Crippen molar-refractivity contribution in [3.05, 3.63) is 86.8 Å². The predicted molar refractivity (Wildman–Crippen MR) is 145 cm³/mol. The molecule has 8 aromatic rings. The van der Waals surface area contributed by atoms with Crippen molar-refractivity contribution in [2.45, 2.75) is 0 Å². The third-order valence-electron chi connectivity index (χ3n) is 6.39. The summed E-state index contributed by atoms with van der Waals surface area (Å²) in [5, 5.41) is 15.5. The minimum atomic E-state index is 0. The van der Waals surface area contributed by atoms with Crippen LogP contribution in [0.25, 0.3) is 67.1 Å². The van der Waals surface area contributed by atoms with Crippen molar-refractivity contribution in [3.63, 3.8) is 0 Å². The number of aryl methyl sites for hydroxylation is 1. The third kappa shape index (κ3) is 5.21. The van der Waals surface area contributed by atoms with E-state index in [9.17, 15) is 0 Å². The summed E-state index contributed by atoms with van der Waals surface area (Å²) in [6.45, 7) is 0. The number of aromatic nitrogens is 10. The summed E-state index contributed by atoms with van der Waals surface area (Å²) < 4.78 is 12.3. The van der Waals surface area contributed by atoms with Crippen molar-refractivity contribution in [2.24, 2.45) is 7.05 Å². The molecule has 8 rings (SSSR count). The summed E-state index contributed by atoms with van der Waals surface area (Å²) in [5.41, 5.74) is 7.75. The van der Waals surface area contributed by atoms with Gasteiger partial charge in [-0.3, -0.25) is 10.2 Å². The van der Waals surface area contributed by atoms with Crippen molar-refractivity contribution in [1.29, 1.82) is 0 Å². The van der Waals surface area contributed by atoms with Crippen molar-refractivity contribution < 1.29 is 43.9 Å². The average molecular weight is 557 g/mol. The Morgan fingerprint density at radius 2 is 1.34 bits per heavy atom. The first-order valence-electron chi connectivity index (χ1n) is 11.9. The molecule has 0 spiro atoms. The van der Waals surface area contributed by atoms with Crippen LogP contribution in [0.2, 0.25) is 0 Å². The molecule has 14 heteroatoms. The van der Waals surface area contributed by atoms with Crippen LogP contribution >= 0.6 is 0 Å². The van der Waals surface area contributed by atoms with Gasteiger partial charge in [0.15, 0.2) is 11.6 Å². The maximum atomic E-state index is 5.17. The van der Waals surface area contributed by atoms with Gasteiger partial charge in [0, 0.05) is 76.0 Å². The minimum Gasteiger partial charge on any atom is -0.870 e. The number of nitrogens with one attached hydrogen (secondary N) is 3. The van der Waals surface area contributed by atoms with E-state index < -0.39 is 0 Å². The Labute approximate surface area is 253 Å². The van der Waals surface area contributed by atoms with E-state index in [1.807, 2.05) is 42.2 Å². The van der Waals surface area contributed by atoms with Crippen LogP contribution in [-0.4, -0.2) is 55.4 Å². The smallest absolute Gasteiger partial charge is 0.870 e. The molecule has 0 aromatic carbocycles. The Morgan fingerprint density at radius 1 is 0.732 bits per heavy atom. The van der Waals surface area contributed by atoms with Gasteiger partial charge in [-0.15, -0.1) is 0 Å². The second-order valence-electron chi connectivity index (χ2n) is 8.76. The summed E-state index contributed by atoms with van der Waals surface area (Å²) in [6.07, 6.45) is 17.3. The fourth-order valence-corrected chi connectivity index (χ4v) is 4.52. The quantitative estimate of drug-likeness (QED) is 0.273. The van der Waals surface area contributed by atoms with E-state index in [0.717, 1.165) is 55.4 Å². The molecule has 0 bridgehead atoms. The number of pyridine rings is 2. The van der Waals surface area contributed by atoms with Gasteiger partial charge in [-0.05, 0) is 24.3 Å². The molecule has 0 saturated carbocycles. The second kappa shape index (κ2) is 11.7. The topological polar surface area (TPSA) is 186 Å². The van der Waals surface area contributed by atoms with Crippen LogP contribution in [0.1, 0.15) is 0 Å². The zero-order chi connectivity index (χ0) is 26.2. The summed E-state index contributed by atoms with van der Waals surface area (Å²) in [6, 6.07) is 7.95. The Kier molecular flexibility index (Phi) is 7.94. The summed E-state index contributed by atoms with van der Waals surface area (Å²) >= 11 is 0. The normalized spacial score (nSPS) is 10.7. The molecule has 0 aliphatic rings. The van der Waals surface area contributed by atoms with Crippen LogP contribution < -0.4 is 29.6 Å². The zero-order valence-corrected chi connectivity index (χ0v) is 24.0. The predicted octanol–water partition coefficient (Wildman–Crippen LogP) is 2.05. The van der Waals surface area contributed by atoms with Crippen LogP contribution in [-0.2, 0) is 7.05 Å². The van der Waals surface area contributed by atoms with E-state index in [4.69, 9.17) is 8.83 Å². The average Bonchev–Trinajstić information content (AvgIpc) is 3.80. The Hall–Kier alpha value is -4.82. The first-order chi connectivity index (χ1) is 19.2. The van der Waals surface area contributed by atoms with Gasteiger partial charge in [0.2, 0.25) is 0 Å². The fourth-order valence-electron chi connectivity index (χ4n) is 4.52. The molecule has 0 amide bonds. The number of nitrogens with zero attached hydrogens (tertiary/aromatic N) is 7. The van der Waals surface area contributed by atoms with Gasteiger partial charge in [0.05, 0.1) is 25.1 Å².